The number of nitrogens with zero attached hydrogens (tertiary/aromatic N) is 1. The van der Waals surface area contributed by atoms with Crippen LogP contribution in [0.5, 0.6) is 0 Å². The van der Waals surface area contributed by atoms with E-state index in [1.807, 2.05) is 0 Å². The maximum Gasteiger partial charge on any atom is 0.0480 e. The Morgan fingerprint density at radius 3 is 2.12 bits per heavy atom. The molecule has 0 bridgehead atoms. The van der Waals surface area contributed by atoms with Crippen molar-refractivity contribution in [2.45, 2.75) is 64.1 Å². The van der Waals surface area contributed by atoms with Gasteiger partial charge in [0.25, 0.3) is 0 Å². The third kappa shape index (κ3) is 4.23. The Morgan fingerprint density at radius 2 is 1.59 bits per heavy atom. The molecule has 100 valence electrons. The lowest BCUT2D eigenvalue weighted by Crippen LogP contribution is -2.52. The summed E-state index contributed by atoms with van der Waals surface area (Å²) in [5, 5.41) is 3.73. The van der Waals surface area contributed by atoms with Crippen LogP contribution in [-0.4, -0.2) is 48.8 Å². The van der Waals surface area contributed by atoms with Crippen molar-refractivity contribution in [1.29, 1.82) is 0 Å². The van der Waals surface area contributed by atoms with E-state index in [-0.39, 0.29) is 5.54 Å². The highest BCUT2D eigenvalue weighted by Gasteiger charge is 2.27. The van der Waals surface area contributed by atoms with E-state index in [1.165, 1.54) is 38.8 Å². The van der Waals surface area contributed by atoms with E-state index in [0.717, 1.165) is 19.3 Å². The SMILES string of the molecule is CC(C)(C)NC1CCN(C2CCOCC2)CC1. The Hall–Kier alpha value is -0.120. The maximum atomic E-state index is 5.44. The molecule has 0 spiro atoms. The van der Waals surface area contributed by atoms with Crippen LogP contribution in [0.4, 0.5) is 0 Å². The third-order valence-corrected chi connectivity index (χ3v) is 3.87. The van der Waals surface area contributed by atoms with Crippen molar-refractivity contribution < 1.29 is 4.74 Å². The van der Waals surface area contributed by atoms with Crippen molar-refractivity contribution >= 4 is 0 Å². The number of ether oxygens (including phenoxy) is 1. The summed E-state index contributed by atoms with van der Waals surface area (Å²) < 4.78 is 5.44. The van der Waals surface area contributed by atoms with Crippen molar-refractivity contribution in [2.75, 3.05) is 26.3 Å². The van der Waals surface area contributed by atoms with E-state index in [0.29, 0.717) is 6.04 Å². The average molecular weight is 240 g/mol. The van der Waals surface area contributed by atoms with E-state index in [2.05, 4.69) is 31.0 Å². The number of piperidine rings is 1. The molecule has 2 aliphatic rings. The number of hydrogen-bond donors (Lipinski definition) is 1. The smallest absolute Gasteiger partial charge is 0.0480 e. The van der Waals surface area contributed by atoms with Gasteiger partial charge in [-0.25, -0.2) is 0 Å². The van der Waals surface area contributed by atoms with E-state index in [9.17, 15) is 0 Å². The fourth-order valence-electron chi connectivity index (χ4n) is 3.07. The van der Waals surface area contributed by atoms with Crippen molar-refractivity contribution in [3.63, 3.8) is 0 Å². The van der Waals surface area contributed by atoms with Crippen molar-refractivity contribution in [3.05, 3.63) is 0 Å². The number of nitrogens with one attached hydrogen (secondary N) is 1. The molecule has 17 heavy (non-hydrogen) atoms. The van der Waals surface area contributed by atoms with Crippen LogP contribution in [0.15, 0.2) is 0 Å². The van der Waals surface area contributed by atoms with E-state index < -0.39 is 0 Å². The van der Waals surface area contributed by atoms with E-state index in [1.54, 1.807) is 0 Å². The molecule has 0 aromatic heterocycles. The molecule has 0 radical (unpaired) electrons. The summed E-state index contributed by atoms with van der Waals surface area (Å²) >= 11 is 0. The molecule has 3 heteroatoms. The van der Waals surface area contributed by atoms with Crippen molar-refractivity contribution in [2.24, 2.45) is 0 Å². The highest BCUT2D eigenvalue weighted by Crippen LogP contribution is 2.20. The first kappa shape index (κ1) is 13.3. The van der Waals surface area contributed by atoms with Crippen LogP contribution in [-0.2, 0) is 4.74 Å². The summed E-state index contributed by atoms with van der Waals surface area (Å²) in [6, 6.07) is 1.51. The zero-order chi connectivity index (χ0) is 12.3. The fourth-order valence-corrected chi connectivity index (χ4v) is 3.07. The summed E-state index contributed by atoms with van der Waals surface area (Å²) in [6.07, 6.45) is 5.07. The van der Waals surface area contributed by atoms with Crippen LogP contribution >= 0.6 is 0 Å². The Labute approximate surface area is 106 Å². The molecule has 0 atom stereocenters. The van der Waals surface area contributed by atoms with Gasteiger partial charge in [-0.15, -0.1) is 0 Å². The summed E-state index contributed by atoms with van der Waals surface area (Å²) in [5.74, 6) is 0. The lowest BCUT2D eigenvalue weighted by molar-refractivity contribution is 0.0227. The minimum atomic E-state index is 0.255. The predicted octanol–water partition coefficient (Wildman–Crippen LogP) is 2.02. The lowest BCUT2D eigenvalue weighted by atomic mass is 9.97. The summed E-state index contributed by atoms with van der Waals surface area (Å²) in [5.41, 5.74) is 0.255. The molecule has 1 N–H and O–H groups in total. The van der Waals surface area contributed by atoms with Crippen molar-refractivity contribution in [1.82, 2.24) is 10.2 Å². The molecule has 0 aliphatic carbocycles. The predicted molar refractivity (Wildman–Crippen MR) is 71.3 cm³/mol. The second-order valence-corrected chi connectivity index (χ2v) is 6.55. The Kier molecular flexibility index (Phi) is 4.45. The zero-order valence-electron chi connectivity index (χ0n) is 11.7. The summed E-state index contributed by atoms with van der Waals surface area (Å²) in [4.78, 5) is 2.68. The van der Waals surface area contributed by atoms with Crippen LogP contribution in [0.3, 0.4) is 0 Å². The molecule has 0 saturated carbocycles. The van der Waals surface area contributed by atoms with Gasteiger partial charge in [0, 0.05) is 30.8 Å². The molecule has 0 aromatic carbocycles. The van der Waals surface area contributed by atoms with Gasteiger partial charge < -0.3 is 15.0 Å². The first-order valence-electron chi connectivity index (χ1n) is 7.14. The van der Waals surface area contributed by atoms with Gasteiger partial charge in [0.2, 0.25) is 0 Å². The minimum Gasteiger partial charge on any atom is -0.381 e. The van der Waals surface area contributed by atoms with E-state index in [4.69, 9.17) is 4.74 Å². The lowest BCUT2D eigenvalue weighted by Gasteiger charge is -2.41. The highest BCUT2D eigenvalue weighted by molar-refractivity contribution is 4.86. The summed E-state index contributed by atoms with van der Waals surface area (Å²) in [7, 11) is 0. The van der Waals surface area contributed by atoms with Gasteiger partial charge in [0.1, 0.15) is 0 Å². The molecule has 2 heterocycles. The van der Waals surface area contributed by atoms with Crippen LogP contribution in [0.1, 0.15) is 46.5 Å². The molecule has 2 saturated heterocycles. The second-order valence-electron chi connectivity index (χ2n) is 6.55. The second kappa shape index (κ2) is 5.68. The van der Waals surface area contributed by atoms with Gasteiger partial charge in [-0.3, -0.25) is 0 Å². The largest absolute Gasteiger partial charge is 0.381 e. The quantitative estimate of drug-likeness (QED) is 0.799. The highest BCUT2D eigenvalue weighted by atomic mass is 16.5. The van der Waals surface area contributed by atoms with Crippen LogP contribution in [0.2, 0.25) is 0 Å². The number of hydrogen-bond acceptors (Lipinski definition) is 3. The minimum absolute atomic E-state index is 0.255. The van der Waals surface area contributed by atoms with Crippen LogP contribution < -0.4 is 5.32 Å². The molecule has 0 unspecified atom stereocenters. The molecule has 2 aliphatic heterocycles. The standard InChI is InChI=1S/C14H28N2O/c1-14(2,3)15-12-4-8-16(9-5-12)13-6-10-17-11-7-13/h12-13,15H,4-11H2,1-3H3. The number of likely N-dealkylation sites (tertiary alicyclic amines) is 1. The van der Waals surface area contributed by atoms with Crippen LogP contribution in [0, 0.1) is 0 Å². The zero-order valence-corrected chi connectivity index (χ0v) is 11.7. The molecule has 3 nitrogen and oxygen atoms in total. The molecule has 2 fully saturated rings. The molecule has 0 amide bonds. The third-order valence-electron chi connectivity index (χ3n) is 3.87. The van der Waals surface area contributed by atoms with Gasteiger partial charge in [-0.05, 0) is 59.5 Å². The Balaban J connectivity index is 1.73. The van der Waals surface area contributed by atoms with Crippen LogP contribution in [0.25, 0.3) is 0 Å². The Bertz CT molecular complexity index is 223. The van der Waals surface area contributed by atoms with E-state index >= 15 is 0 Å². The first-order chi connectivity index (χ1) is 8.04. The summed E-state index contributed by atoms with van der Waals surface area (Å²) in [6.45, 7) is 11.2. The van der Waals surface area contributed by atoms with Gasteiger partial charge in [0.15, 0.2) is 0 Å². The van der Waals surface area contributed by atoms with Gasteiger partial charge >= 0.3 is 0 Å². The van der Waals surface area contributed by atoms with Crippen molar-refractivity contribution in [3.8, 4) is 0 Å². The maximum absolute atomic E-state index is 5.44. The molecular weight excluding hydrogens is 212 g/mol. The Morgan fingerprint density at radius 1 is 1.00 bits per heavy atom. The normalized spacial score (nSPS) is 26.3. The molecular formula is C14H28N2O. The average Bonchev–Trinajstić information content (AvgIpc) is 2.29. The number of rotatable bonds is 2. The van der Waals surface area contributed by atoms with Gasteiger partial charge in [0.05, 0.1) is 0 Å². The van der Waals surface area contributed by atoms with Gasteiger partial charge in [-0.1, -0.05) is 0 Å². The van der Waals surface area contributed by atoms with Gasteiger partial charge in [-0.2, -0.15) is 0 Å². The first-order valence-corrected chi connectivity index (χ1v) is 7.14. The fraction of sp³-hybridized carbons (Fsp3) is 1.00. The molecule has 2 rings (SSSR count). The molecule has 0 aromatic rings. The monoisotopic (exact) mass is 240 g/mol. The topological polar surface area (TPSA) is 24.5 Å².